The Hall–Kier alpha value is -2.63. The number of nitrogens with one attached hydrogen (secondary N) is 2. The van der Waals surface area contributed by atoms with Gasteiger partial charge in [0.25, 0.3) is 0 Å². The quantitative estimate of drug-likeness (QED) is 0.657. The van der Waals surface area contributed by atoms with Gasteiger partial charge in [-0.1, -0.05) is 46.8 Å². The van der Waals surface area contributed by atoms with E-state index in [1.54, 1.807) is 4.68 Å². The third-order valence-corrected chi connectivity index (χ3v) is 5.19. The van der Waals surface area contributed by atoms with E-state index in [9.17, 15) is 9.59 Å². The lowest BCUT2D eigenvalue weighted by Gasteiger charge is -2.17. The third kappa shape index (κ3) is 6.71. The van der Waals surface area contributed by atoms with Gasteiger partial charge in [-0.25, -0.2) is 4.68 Å². The van der Waals surface area contributed by atoms with Crippen LogP contribution in [-0.2, 0) is 15.0 Å². The molecule has 0 radical (unpaired) electrons. The van der Waals surface area contributed by atoms with Gasteiger partial charge in [-0.05, 0) is 43.9 Å². The van der Waals surface area contributed by atoms with Gasteiger partial charge < -0.3 is 10.6 Å². The van der Waals surface area contributed by atoms with Crippen LogP contribution in [0.5, 0.6) is 0 Å². The average Bonchev–Trinajstić information content (AvgIpc) is 3.05. The molecule has 2 N–H and O–H groups in total. The first-order valence-electron chi connectivity index (χ1n) is 10.7. The van der Waals surface area contributed by atoms with Gasteiger partial charge in [0, 0.05) is 30.4 Å². The Kier molecular flexibility index (Phi) is 7.82. The molecule has 0 saturated carbocycles. The van der Waals surface area contributed by atoms with Crippen molar-refractivity contribution in [3.8, 4) is 5.69 Å². The molecule has 1 aromatic heterocycles. The van der Waals surface area contributed by atoms with E-state index in [0.717, 1.165) is 16.9 Å². The van der Waals surface area contributed by atoms with E-state index in [1.165, 1.54) is 0 Å². The SMILES string of the molecule is Cc1cccc(-n2nc(C(C)(C)C)cc2NC(=O)CCCC(=O)N[C@H](C)C(C)C)c1. The van der Waals surface area contributed by atoms with Crippen LogP contribution in [-0.4, -0.2) is 27.6 Å². The molecule has 30 heavy (non-hydrogen) atoms. The van der Waals surface area contributed by atoms with Crippen molar-refractivity contribution in [2.24, 2.45) is 5.92 Å². The molecule has 2 amide bonds. The number of anilines is 1. The summed E-state index contributed by atoms with van der Waals surface area (Å²) in [7, 11) is 0. The summed E-state index contributed by atoms with van der Waals surface area (Å²) in [6, 6.07) is 10.1. The minimum absolute atomic E-state index is 0.0104. The highest BCUT2D eigenvalue weighted by Crippen LogP contribution is 2.26. The van der Waals surface area contributed by atoms with Crippen LogP contribution >= 0.6 is 0 Å². The van der Waals surface area contributed by atoms with E-state index in [1.807, 2.05) is 44.2 Å². The molecule has 0 aliphatic heterocycles. The summed E-state index contributed by atoms with van der Waals surface area (Å²) in [6.07, 6.45) is 1.13. The van der Waals surface area contributed by atoms with Crippen LogP contribution in [0, 0.1) is 12.8 Å². The van der Waals surface area contributed by atoms with Gasteiger partial charge in [-0.15, -0.1) is 0 Å². The third-order valence-electron chi connectivity index (χ3n) is 5.19. The lowest BCUT2D eigenvalue weighted by Crippen LogP contribution is -2.36. The van der Waals surface area contributed by atoms with E-state index in [4.69, 9.17) is 5.10 Å². The molecule has 0 saturated heterocycles. The van der Waals surface area contributed by atoms with Crippen molar-refractivity contribution in [1.29, 1.82) is 0 Å². The van der Waals surface area contributed by atoms with Crippen molar-refractivity contribution in [2.75, 3.05) is 5.32 Å². The summed E-state index contributed by atoms with van der Waals surface area (Å²) in [5.41, 5.74) is 2.79. The van der Waals surface area contributed by atoms with Crippen LogP contribution in [0.2, 0.25) is 0 Å². The largest absolute Gasteiger partial charge is 0.353 e. The zero-order valence-corrected chi connectivity index (χ0v) is 19.4. The Bertz CT molecular complexity index is 878. The molecule has 0 aliphatic carbocycles. The van der Waals surface area contributed by atoms with Crippen LogP contribution in [0.3, 0.4) is 0 Å². The number of amides is 2. The molecule has 6 heteroatoms. The second kappa shape index (κ2) is 9.92. The zero-order valence-electron chi connectivity index (χ0n) is 19.4. The minimum Gasteiger partial charge on any atom is -0.353 e. The van der Waals surface area contributed by atoms with Crippen molar-refractivity contribution < 1.29 is 9.59 Å². The molecular formula is C24H36N4O2. The van der Waals surface area contributed by atoms with Gasteiger partial charge in [-0.3, -0.25) is 9.59 Å². The Morgan fingerprint density at radius 3 is 2.33 bits per heavy atom. The van der Waals surface area contributed by atoms with E-state index < -0.39 is 0 Å². The molecule has 0 unspecified atom stereocenters. The molecule has 1 heterocycles. The molecule has 0 spiro atoms. The van der Waals surface area contributed by atoms with Crippen LogP contribution in [0.15, 0.2) is 30.3 Å². The van der Waals surface area contributed by atoms with Crippen LogP contribution in [0.4, 0.5) is 5.82 Å². The summed E-state index contributed by atoms with van der Waals surface area (Å²) in [5, 5.41) is 10.7. The van der Waals surface area contributed by atoms with Crippen molar-refractivity contribution >= 4 is 17.6 Å². The molecule has 2 aromatic rings. The second-order valence-electron chi connectivity index (χ2n) is 9.42. The highest BCUT2D eigenvalue weighted by molar-refractivity contribution is 5.90. The highest BCUT2D eigenvalue weighted by Gasteiger charge is 2.21. The number of aromatic nitrogens is 2. The molecule has 164 valence electrons. The molecule has 6 nitrogen and oxygen atoms in total. The Balaban J connectivity index is 2.05. The lowest BCUT2D eigenvalue weighted by molar-refractivity contribution is -0.122. The summed E-state index contributed by atoms with van der Waals surface area (Å²) in [5.74, 6) is 0.905. The number of carbonyl (C=O) groups is 2. The van der Waals surface area contributed by atoms with Gasteiger partial charge in [0.05, 0.1) is 11.4 Å². The molecule has 2 rings (SSSR count). The number of nitrogens with zero attached hydrogens (tertiary/aromatic N) is 2. The number of hydrogen-bond donors (Lipinski definition) is 2. The maximum atomic E-state index is 12.5. The first-order chi connectivity index (χ1) is 14.0. The topological polar surface area (TPSA) is 76.0 Å². The summed E-state index contributed by atoms with van der Waals surface area (Å²) in [6.45, 7) is 14.5. The van der Waals surface area contributed by atoms with E-state index in [-0.39, 0.29) is 29.7 Å². The standard InChI is InChI=1S/C24H36N4O2/c1-16(2)18(4)25-22(29)12-9-13-23(30)26-21-15-20(24(5,6)7)27-28(21)19-11-8-10-17(3)14-19/h8,10-11,14-16,18H,9,12-13H2,1-7H3,(H,25,29)(H,26,30)/t18-/m1/s1. The van der Waals surface area contributed by atoms with Crippen LogP contribution < -0.4 is 10.6 Å². The fraction of sp³-hybridized carbons (Fsp3) is 0.542. The molecule has 0 bridgehead atoms. The van der Waals surface area contributed by atoms with E-state index in [2.05, 4.69) is 45.3 Å². The van der Waals surface area contributed by atoms with Gasteiger partial charge >= 0.3 is 0 Å². The fourth-order valence-corrected chi connectivity index (χ4v) is 2.90. The Morgan fingerprint density at radius 1 is 1.07 bits per heavy atom. The predicted molar refractivity (Wildman–Crippen MR) is 122 cm³/mol. The average molecular weight is 413 g/mol. The van der Waals surface area contributed by atoms with Crippen molar-refractivity contribution in [3.05, 3.63) is 41.6 Å². The van der Waals surface area contributed by atoms with Gasteiger partial charge in [0.1, 0.15) is 5.82 Å². The van der Waals surface area contributed by atoms with Crippen LogP contribution in [0.25, 0.3) is 5.69 Å². The highest BCUT2D eigenvalue weighted by atomic mass is 16.2. The normalized spacial score (nSPS) is 12.7. The Morgan fingerprint density at radius 2 is 1.73 bits per heavy atom. The molecule has 1 aromatic carbocycles. The smallest absolute Gasteiger partial charge is 0.225 e. The summed E-state index contributed by atoms with van der Waals surface area (Å²) >= 11 is 0. The number of rotatable bonds is 8. The second-order valence-corrected chi connectivity index (χ2v) is 9.42. The van der Waals surface area contributed by atoms with Crippen LogP contribution in [0.1, 0.15) is 72.1 Å². The Labute approximate surface area is 180 Å². The van der Waals surface area contributed by atoms with Gasteiger partial charge in [0.15, 0.2) is 0 Å². The predicted octanol–water partition coefficient (Wildman–Crippen LogP) is 4.75. The monoisotopic (exact) mass is 412 g/mol. The van der Waals surface area contributed by atoms with Gasteiger partial charge in [-0.2, -0.15) is 5.10 Å². The van der Waals surface area contributed by atoms with Crippen molar-refractivity contribution in [2.45, 2.75) is 79.2 Å². The molecule has 0 aliphatic rings. The van der Waals surface area contributed by atoms with Gasteiger partial charge in [0.2, 0.25) is 11.8 Å². The van der Waals surface area contributed by atoms with E-state index in [0.29, 0.717) is 24.6 Å². The lowest BCUT2D eigenvalue weighted by atomic mass is 9.92. The molecule has 1 atom stereocenters. The first kappa shape index (κ1) is 23.6. The maximum Gasteiger partial charge on any atom is 0.225 e. The zero-order chi connectivity index (χ0) is 22.5. The first-order valence-corrected chi connectivity index (χ1v) is 10.7. The minimum atomic E-state index is -0.139. The fourth-order valence-electron chi connectivity index (χ4n) is 2.90. The molecular weight excluding hydrogens is 376 g/mol. The maximum absolute atomic E-state index is 12.5. The van der Waals surface area contributed by atoms with Crippen molar-refractivity contribution in [1.82, 2.24) is 15.1 Å². The number of carbonyl (C=O) groups excluding carboxylic acids is 2. The molecule has 0 fully saturated rings. The number of aryl methyl sites for hydroxylation is 1. The summed E-state index contributed by atoms with van der Waals surface area (Å²) < 4.78 is 1.78. The summed E-state index contributed by atoms with van der Waals surface area (Å²) in [4.78, 5) is 24.6. The van der Waals surface area contributed by atoms with Crippen molar-refractivity contribution in [3.63, 3.8) is 0 Å². The van der Waals surface area contributed by atoms with E-state index >= 15 is 0 Å². The number of hydrogen-bond acceptors (Lipinski definition) is 3. The number of benzene rings is 1.